The summed E-state index contributed by atoms with van der Waals surface area (Å²) in [6.45, 7) is 5.88. The van der Waals surface area contributed by atoms with Crippen molar-refractivity contribution in [3.63, 3.8) is 0 Å². The summed E-state index contributed by atoms with van der Waals surface area (Å²) in [4.78, 5) is 9.19. The number of nitrogens with zero attached hydrogens (tertiary/aromatic N) is 3. The van der Waals surface area contributed by atoms with E-state index in [9.17, 15) is 5.11 Å². The second kappa shape index (κ2) is 4.27. The van der Waals surface area contributed by atoms with Gasteiger partial charge >= 0.3 is 0 Å². The highest BCUT2D eigenvalue weighted by Gasteiger charge is 2.35. The first-order valence-electron chi connectivity index (χ1n) is 6.32. The Morgan fingerprint density at radius 1 is 1.29 bits per heavy atom. The second-order valence-corrected chi connectivity index (χ2v) is 5.19. The molecule has 0 spiro atoms. The molecule has 0 amide bonds. The monoisotopic (exact) mass is 233 g/mol. The molecule has 2 aliphatic rings. The highest BCUT2D eigenvalue weighted by molar-refractivity contribution is 5.40. The predicted molar refractivity (Wildman–Crippen MR) is 67.2 cm³/mol. The lowest BCUT2D eigenvalue weighted by molar-refractivity contribution is -0.0195. The Bertz CT molecular complexity index is 386. The number of rotatable bonds is 2. The van der Waals surface area contributed by atoms with Crippen molar-refractivity contribution in [1.29, 1.82) is 0 Å². The first kappa shape index (κ1) is 11.0. The smallest absolute Gasteiger partial charge is 0.128 e. The molecular formula is C13H19N3O. The van der Waals surface area contributed by atoms with Crippen LogP contribution in [0.5, 0.6) is 0 Å². The van der Waals surface area contributed by atoms with Gasteiger partial charge in [0.25, 0.3) is 0 Å². The number of β-amino-alcohol motifs (C(OH)–C–C–N with tert-alkyl or cyclic N) is 1. The maximum absolute atomic E-state index is 9.32. The molecule has 0 radical (unpaired) electrons. The summed E-state index contributed by atoms with van der Waals surface area (Å²) in [6.07, 6.45) is 3.01. The molecule has 1 atom stereocenters. The predicted octanol–water partition coefficient (Wildman–Crippen LogP) is 0.645. The minimum atomic E-state index is -0.0958. The molecule has 0 bridgehead atoms. The van der Waals surface area contributed by atoms with Crippen molar-refractivity contribution in [2.24, 2.45) is 0 Å². The van der Waals surface area contributed by atoms with Crippen LogP contribution in [0.15, 0.2) is 18.3 Å². The van der Waals surface area contributed by atoms with Crippen LogP contribution in [0, 0.1) is 6.92 Å². The number of aliphatic hydroxyl groups is 1. The molecule has 1 N–H and O–H groups in total. The van der Waals surface area contributed by atoms with Gasteiger partial charge in [0.15, 0.2) is 0 Å². The Balaban J connectivity index is 1.62. The van der Waals surface area contributed by atoms with Gasteiger partial charge in [0.2, 0.25) is 0 Å². The summed E-state index contributed by atoms with van der Waals surface area (Å²) < 4.78 is 0. The molecule has 17 heavy (non-hydrogen) atoms. The normalized spacial score (nSPS) is 26.2. The quantitative estimate of drug-likeness (QED) is 0.814. The average molecular weight is 233 g/mol. The van der Waals surface area contributed by atoms with E-state index in [1.165, 1.54) is 12.0 Å². The van der Waals surface area contributed by atoms with E-state index in [0.29, 0.717) is 6.04 Å². The fourth-order valence-corrected chi connectivity index (χ4v) is 2.68. The van der Waals surface area contributed by atoms with E-state index in [1.807, 2.05) is 6.20 Å². The van der Waals surface area contributed by atoms with Gasteiger partial charge in [0.05, 0.1) is 6.10 Å². The maximum Gasteiger partial charge on any atom is 0.128 e. The van der Waals surface area contributed by atoms with Crippen molar-refractivity contribution in [2.45, 2.75) is 25.5 Å². The molecule has 0 aliphatic carbocycles. The third kappa shape index (κ3) is 2.15. The van der Waals surface area contributed by atoms with Crippen LogP contribution in [0.2, 0.25) is 0 Å². The van der Waals surface area contributed by atoms with E-state index < -0.39 is 0 Å². The highest BCUT2D eigenvalue weighted by Crippen LogP contribution is 2.24. The van der Waals surface area contributed by atoms with Gasteiger partial charge in [0, 0.05) is 38.4 Å². The summed E-state index contributed by atoms with van der Waals surface area (Å²) in [7, 11) is 0. The van der Waals surface area contributed by atoms with Crippen molar-refractivity contribution in [3.05, 3.63) is 23.9 Å². The van der Waals surface area contributed by atoms with Gasteiger partial charge in [-0.25, -0.2) is 4.98 Å². The van der Waals surface area contributed by atoms with E-state index in [-0.39, 0.29) is 6.10 Å². The number of likely N-dealkylation sites (tertiary alicyclic amines) is 1. The lowest BCUT2D eigenvalue weighted by Gasteiger charge is -2.40. The van der Waals surface area contributed by atoms with Crippen LogP contribution < -0.4 is 4.90 Å². The minimum Gasteiger partial charge on any atom is -0.390 e. The molecule has 2 fully saturated rings. The van der Waals surface area contributed by atoms with Crippen molar-refractivity contribution in [1.82, 2.24) is 9.88 Å². The van der Waals surface area contributed by atoms with Crippen LogP contribution in [-0.4, -0.2) is 53.3 Å². The summed E-state index contributed by atoms with van der Waals surface area (Å²) in [5, 5.41) is 9.32. The summed E-state index contributed by atoms with van der Waals surface area (Å²) in [5.41, 5.74) is 1.20. The largest absolute Gasteiger partial charge is 0.390 e. The summed E-state index contributed by atoms with van der Waals surface area (Å²) in [6, 6.07) is 4.81. The van der Waals surface area contributed by atoms with Gasteiger partial charge in [-0.05, 0) is 25.0 Å². The zero-order chi connectivity index (χ0) is 11.8. The lowest BCUT2D eigenvalue weighted by Crippen LogP contribution is -2.56. The van der Waals surface area contributed by atoms with Gasteiger partial charge in [-0.2, -0.15) is 0 Å². The fourth-order valence-electron chi connectivity index (χ4n) is 2.68. The SMILES string of the molecule is Cc1ccc(N2CCC(N3CC(O)C3)C2)nc1. The highest BCUT2D eigenvalue weighted by atomic mass is 16.3. The molecule has 1 aromatic rings. The summed E-state index contributed by atoms with van der Waals surface area (Å²) >= 11 is 0. The number of aryl methyl sites for hydroxylation is 1. The molecule has 1 aromatic heterocycles. The van der Waals surface area contributed by atoms with Crippen LogP contribution in [0.1, 0.15) is 12.0 Å². The third-order valence-electron chi connectivity index (χ3n) is 3.79. The zero-order valence-electron chi connectivity index (χ0n) is 10.2. The average Bonchev–Trinajstić information content (AvgIpc) is 2.75. The van der Waals surface area contributed by atoms with Gasteiger partial charge in [-0.15, -0.1) is 0 Å². The van der Waals surface area contributed by atoms with Gasteiger partial charge < -0.3 is 10.0 Å². The number of hydrogen-bond acceptors (Lipinski definition) is 4. The van der Waals surface area contributed by atoms with E-state index in [2.05, 4.69) is 33.8 Å². The van der Waals surface area contributed by atoms with Crippen LogP contribution in [-0.2, 0) is 0 Å². The maximum atomic E-state index is 9.32. The molecule has 2 saturated heterocycles. The van der Waals surface area contributed by atoms with Crippen molar-refractivity contribution >= 4 is 5.82 Å². The van der Waals surface area contributed by atoms with Gasteiger partial charge in [-0.3, -0.25) is 4.90 Å². The fraction of sp³-hybridized carbons (Fsp3) is 0.615. The van der Waals surface area contributed by atoms with Crippen LogP contribution >= 0.6 is 0 Å². The third-order valence-corrected chi connectivity index (χ3v) is 3.79. The first-order valence-corrected chi connectivity index (χ1v) is 6.32. The molecule has 3 rings (SSSR count). The van der Waals surface area contributed by atoms with Crippen molar-refractivity contribution in [3.8, 4) is 0 Å². The molecule has 4 nitrogen and oxygen atoms in total. The molecule has 0 saturated carbocycles. The van der Waals surface area contributed by atoms with Crippen molar-refractivity contribution in [2.75, 3.05) is 31.1 Å². The van der Waals surface area contributed by atoms with Gasteiger partial charge in [-0.1, -0.05) is 6.07 Å². The van der Waals surface area contributed by atoms with E-state index in [1.54, 1.807) is 0 Å². The zero-order valence-corrected chi connectivity index (χ0v) is 10.2. The number of anilines is 1. The van der Waals surface area contributed by atoms with Crippen LogP contribution in [0.25, 0.3) is 0 Å². The Labute approximate surface area is 102 Å². The lowest BCUT2D eigenvalue weighted by atomic mass is 10.1. The van der Waals surface area contributed by atoms with E-state index >= 15 is 0 Å². The number of hydrogen-bond donors (Lipinski definition) is 1. The number of aliphatic hydroxyl groups excluding tert-OH is 1. The van der Waals surface area contributed by atoms with E-state index in [4.69, 9.17) is 0 Å². The minimum absolute atomic E-state index is 0.0958. The standard InChI is InChI=1S/C13H19N3O/c1-10-2-3-13(14-6-10)15-5-4-11(7-15)16-8-12(17)9-16/h2-3,6,11-12,17H,4-5,7-9H2,1H3. The molecule has 0 aromatic carbocycles. The molecule has 2 aliphatic heterocycles. The number of pyridine rings is 1. The van der Waals surface area contributed by atoms with Crippen molar-refractivity contribution < 1.29 is 5.11 Å². The van der Waals surface area contributed by atoms with E-state index in [0.717, 1.165) is 32.0 Å². The molecule has 92 valence electrons. The Kier molecular flexibility index (Phi) is 2.76. The second-order valence-electron chi connectivity index (χ2n) is 5.19. The Morgan fingerprint density at radius 2 is 2.12 bits per heavy atom. The first-order chi connectivity index (χ1) is 8.22. The Hall–Kier alpha value is -1.13. The molecule has 3 heterocycles. The molecule has 1 unspecified atom stereocenters. The van der Waals surface area contributed by atoms with Crippen LogP contribution in [0.4, 0.5) is 5.82 Å². The molecular weight excluding hydrogens is 214 g/mol. The molecule has 4 heteroatoms. The topological polar surface area (TPSA) is 39.6 Å². The summed E-state index contributed by atoms with van der Waals surface area (Å²) in [5.74, 6) is 1.08. The Morgan fingerprint density at radius 3 is 2.76 bits per heavy atom. The van der Waals surface area contributed by atoms with Gasteiger partial charge in [0.1, 0.15) is 5.82 Å². The van der Waals surface area contributed by atoms with Crippen LogP contribution in [0.3, 0.4) is 0 Å². The number of aromatic nitrogens is 1.